The molecule has 7 rings (SSSR count). The lowest BCUT2D eigenvalue weighted by atomic mass is 9.99. The lowest BCUT2D eigenvalue weighted by Gasteiger charge is -2.16. The van der Waals surface area contributed by atoms with E-state index in [1.807, 2.05) is 11.8 Å². The molecular formula is C40H28S2. The van der Waals surface area contributed by atoms with Gasteiger partial charge in [-0.05, 0) is 66.5 Å². The molecular weight excluding hydrogens is 545 g/mol. The molecule has 0 fully saturated rings. The van der Waals surface area contributed by atoms with Crippen molar-refractivity contribution in [1.29, 1.82) is 0 Å². The van der Waals surface area contributed by atoms with E-state index in [0.717, 1.165) is 0 Å². The van der Waals surface area contributed by atoms with E-state index in [1.165, 1.54) is 65.4 Å². The van der Waals surface area contributed by atoms with Crippen molar-refractivity contribution in [3.05, 3.63) is 180 Å². The highest BCUT2D eigenvalue weighted by Gasteiger charge is 2.13. The van der Waals surface area contributed by atoms with E-state index in [9.17, 15) is 0 Å². The topological polar surface area (TPSA) is 0 Å². The highest BCUT2D eigenvalue weighted by molar-refractivity contribution is 8.20. The Kier molecular flexibility index (Phi) is 7.65. The number of hydrogen-bond acceptors (Lipinski definition) is 2. The molecule has 0 saturated carbocycles. The number of hydrogen-bond donors (Lipinski definition) is 0. The first kappa shape index (κ1) is 26.4. The third kappa shape index (κ3) is 5.78. The zero-order valence-electron chi connectivity index (χ0n) is 23.0. The van der Waals surface area contributed by atoms with Gasteiger partial charge in [0.2, 0.25) is 0 Å². The second-order valence-electron chi connectivity index (χ2n) is 10.2. The van der Waals surface area contributed by atoms with E-state index in [2.05, 4.69) is 169 Å². The van der Waals surface area contributed by atoms with Crippen LogP contribution in [0.15, 0.2) is 169 Å². The van der Waals surface area contributed by atoms with Crippen molar-refractivity contribution < 1.29 is 0 Å². The Morgan fingerprint density at radius 1 is 0.238 bits per heavy atom. The van der Waals surface area contributed by atoms with Crippen LogP contribution in [0.5, 0.6) is 0 Å². The number of rotatable bonds is 6. The second-order valence-corrected chi connectivity index (χ2v) is 12.1. The molecule has 200 valence electrons. The zero-order chi connectivity index (χ0) is 28.1. The van der Waals surface area contributed by atoms with Crippen LogP contribution in [0.1, 0.15) is 11.1 Å². The summed E-state index contributed by atoms with van der Waals surface area (Å²) in [5, 5.41) is 4.50. The minimum absolute atomic E-state index is 1.23. The van der Waals surface area contributed by atoms with Gasteiger partial charge in [-0.1, -0.05) is 169 Å². The molecule has 1 aliphatic rings. The van der Waals surface area contributed by atoms with E-state index in [0.29, 0.717) is 0 Å². The van der Waals surface area contributed by atoms with Crippen LogP contribution in [-0.4, -0.2) is 0 Å². The maximum Gasteiger partial charge on any atom is 0.0261 e. The summed E-state index contributed by atoms with van der Waals surface area (Å²) in [4.78, 5) is 2.56. The molecule has 0 aromatic heterocycles. The Balaban J connectivity index is 1.02. The van der Waals surface area contributed by atoms with Gasteiger partial charge in [-0.2, -0.15) is 0 Å². The summed E-state index contributed by atoms with van der Waals surface area (Å²) in [7, 11) is 0. The predicted octanol–water partition coefficient (Wildman–Crippen LogP) is 12.1. The smallest absolute Gasteiger partial charge is 0.0261 e. The van der Waals surface area contributed by atoms with Crippen molar-refractivity contribution in [3.63, 3.8) is 0 Å². The average molecular weight is 573 g/mol. The minimum Gasteiger partial charge on any atom is -0.104 e. The van der Waals surface area contributed by atoms with Crippen molar-refractivity contribution >= 4 is 33.3 Å². The quantitative estimate of drug-likeness (QED) is 0.195. The molecule has 0 amide bonds. The maximum atomic E-state index is 2.25. The lowest BCUT2D eigenvalue weighted by Crippen LogP contribution is -1.88. The third-order valence-electron chi connectivity index (χ3n) is 7.56. The average Bonchev–Trinajstić information content (AvgIpc) is 3.09. The number of thioether (sulfide) groups is 2. The van der Waals surface area contributed by atoms with Crippen LogP contribution in [0.25, 0.3) is 54.3 Å². The molecule has 0 bridgehead atoms. The molecule has 0 saturated heterocycles. The van der Waals surface area contributed by atoms with Gasteiger partial charge in [-0.15, -0.1) is 11.8 Å². The molecule has 42 heavy (non-hydrogen) atoms. The van der Waals surface area contributed by atoms with Crippen molar-refractivity contribution in [2.75, 3.05) is 0 Å². The van der Waals surface area contributed by atoms with E-state index in [-0.39, 0.29) is 0 Å². The van der Waals surface area contributed by atoms with Crippen molar-refractivity contribution in [1.82, 2.24) is 0 Å². The van der Waals surface area contributed by atoms with Gasteiger partial charge in [-0.3, -0.25) is 0 Å². The van der Waals surface area contributed by atoms with Crippen molar-refractivity contribution in [3.8, 4) is 44.5 Å². The molecule has 6 aromatic carbocycles. The summed E-state index contributed by atoms with van der Waals surface area (Å²) in [6.07, 6.45) is 0. The molecule has 1 heterocycles. The van der Waals surface area contributed by atoms with E-state index in [1.54, 1.807) is 11.8 Å². The number of benzene rings is 6. The van der Waals surface area contributed by atoms with Gasteiger partial charge < -0.3 is 0 Å². The second kappa shape index (κ2) is 12.2. The van der Waals surface area contributed by atoms with Crippen LogP contribution in [0.4, 0.5) is 0 Å². The van der Waals surface area contributed by atoms with Gasteiger partial charge in [0.25, 0.3) is 0 Å². The van der Waals surface area contributed by atoms with E-state index < -0.39 is 0 Å². The van der Waals surface area contributed by atoms with Crippen molar-refractivity contribution in [2.45, 2.75) is 0 Å². The van der Waals surface area contributed by atoms with E-state index >= 15 is 0 Å². The highest BCUT2D eigenvalue weighted by Crippen LogP contribution is 2.46. The van der Waals surface area contributed by atoms with Gasteiger partial charge in [-0.25, -0.2) is 0 Å². The largest absolute Gasteiger partial charge is 0.104 e. The monoisotopic (exact) mass is 572 g/mol. The first-order chi connectivity index (χ1) is 20.8. The van der Waals surface area contributed by atoms with Gasteiger partial charge >= 0.3 is 0 Å². The third-order valence-corrected chi connectivity index (χ3v) is 9.75. The first-order valence-corrected chi connectivity index (χ1v) is 15.8. The normalized spacial score (nSPS) is 12.9. The SMILES string of the molecule is C1=C(c2ccc(-c3ccc(-c4ccccc4)cc3)cc2)SC(c2ccc(-c3ccc(-c4ccccc4)cc3)cc2)=CS1. The Morgan fingerprint density at radius 2 is 0.476 bits per heavy atom. The van der Waals surface area contributed by atoms with E-state index in [4.69, 9.17) is 0 Å². The first-order valence-electron chi connectivity index (χ1n) is 14.1. The standard InChI is InChI=1S/C40H28S2/c1-3-7-29(8-4-1)31-11-15-33(16-12-31)35-19-23-37(24-20-35)39-27-41-28-40(42-39)38-25-21-36(22-26-38)34-17-13-32(14-18-34)30-9-5-2-6-10-30/h1-28H. The van der Waals surface area contributed by atoms with Gasteiger partial charge in [0.15, 0.2) is 0 Å². The molecule has 1 aliphatic heterocycles. The molecule has 2 heteroatoms. The summed E-state index contributed by atoms with van der Waals surface area (Å²) < 4.78 is 0. The predicted molar refractivity (Wildman–Crippen MR) is 186 cm³/mol. The molecule has 0 aliphatic carbocycles. The van der Waals surface area contributed by atoms with Crippen LogP contribution < -0.4 is 0 Å². The molecule has 0 unspecified atom stereocenters. The fourth-order valence-electron chi connectivity index (χ4n) is 5.20. The van der Waals surface area contributed by atoms with Gasteiger partial charge in [0, 0.05) is 9.81 Å². The Bertz CT molecular complexity index is 1710. The maximum absolute atomic E-state index is 2.25. The molecule has 0 N–H and O–H groups in total. The summed E-state index contributed by atoms with van der Waals surface area (Å²) in [6.45, 7) is 0. The highest BCUT2D eigenvalue weighted by atomic mass is 32.2. The van der Waals surface area contributed by atoms with Gasteiger partial charge in [0.1, 0.15) is 0 Å². The van der Waals surface area contributed by atoms with Gasteiger partial charge in [0.05, 0.1) is 0 Å². The Labute approximate surface area is 256 Å². The molecule has 0 spiro atoms. The fraction of sp³-hybridized carbons (Fsp3) is 0. The summed E-state index contributed by atoms with van der Waals surface area (Å²) in [5.41, 5.74) is 12.4. The fourth-order valence-corrected chi connectivity index (χ4v) is 7.25. The van der Waals surface area contributed by atoms with Crippen LogP contribution in [0.2, 0.25) is 0 Å². The molecule has 0 atom stereocenters. The minimum atomic E-state index is 1.23. The Hall–Kier alpha value is -4.50. The summed E-state index contributed by atoms with van der Waals surface area (Å²) >= 11 is 3.60. The zero-order valence-corrected chi connectivity index (χ0v) is 24.6. The summed E-state index contributed by atoms with van der Waals surface area (Å²) in [5.74, 6) is 0. The Morgan fingerprint density at radius 3 is 0.762 bits per heavy atom. The molecule has 0 nitrogen and oxygen atoms in total. The van der Waals surface area contributed by atoms with Crippen LogP contribution >= 0.6 is 23.5 Å². The van der Waals surface area contributed by atoms with Crippen LogP contribution in [-0.2, 0) is 0 Å². The molecule has 6 aromatic rings. The van der Waals surface area contributed by atoms with Crippen LogP contribution in [0.3, 0.4) is 0 Å². The molecule has 0 radical (unpaired) electrons. The van der Waals surface area contributed by atoms with Crippen LogP contribution in [0, 0.1) is 0 Å². The lowest BCUT2D eigenvalue weighted by molar-refractivity contribution is 1.58. The summed E-state index contributed by atoms with van der Waals surface area (Å²) in [6, 6.07) is 56.6. The van der Waals surface area contributed by atoms with Crippen molar-refractivity contribution in [2.24, 2.45) is 0 Å².